The van der Waals surface area contributed by atoms with Crippen molar-refractivity contribution in [2.45, 2.75) is 13.3 Å². The highest BCUT2D eigenvalue weighted by Crippen LogP contribution is 2.16. The lowest BCUT2D eigenvalue weighted by molar-refractivity contribution is 1.32. The van der Waals surface area contributed by atoms with Gasteiger partial charge in [0.1, 0.15) is 0 Å². The maximum atomic E-state index is 4.30. The Kier molecular flexibility index (Phi) is 2.17. The first-order valence-electron chi connectivity index (χ1n) is 3.02. The molecule has 1 aliphatic carbocycles. The Morgan fingerprint density at radius 1 is 1.44 bits per heavy atom. The van der Waals surface area contributed by atoms with Gasteiger partial charge in [-0.05, 0) is 23.8 Å². The van der Waals surface area contributed by atoms with E-state index >= 15 is 0 Å². The van der Waals surface area contributed by atoms with Crippen molar-refractivity contribution >= 4 is 12.6 Å². The Hall–Kier alpha value is -0.430. The molecule has 1 heteroatoms. The molecule has 0 nitrogen and oxygen atoms in total. The lowest BCUT2D eigenvalue weighted by Crippen LogP contribution is -1.72. The number of thiol groups is 1. The predicted molar refractivity (Wildman–Crippen MR) is 44.6 cm³/mol. The van der Waals surface area contributed by atoms with E-state index in [4.69, 9.17) is 0 Å². The molecule has 9 heavy (non-hydrogen) atoms. The fraction of sp³-hybridized carbons (Fsp3) is 0.250. The van der Waals surface area contributed by atoms with Crippen molar-refractivity contribution in [3.8, 4) is 0 Å². The van der Waals surface area contributed by atoms with Crippen molar-refractivity contribution in [1.29, 1.82) is 0 Å². The third-order valence-corrected chi connectivity index (χ3v) is 1.90. The molecule has 0 radical (unpaired) electrons. The van der Waals surface area contributed by atoms with Crippen LogP contribution in [0.5, 0.6) is 0 Å². The second-order valence-electron chi connectivity index (χ2n) is 2.12. The van der Waals surface area contributed by atoms with Crippen LogP contribution in [0.25, 0.3) is 0 Å². The molecule has 0 saturated carbocycles. The van der Waals surface area contributed by atoms with E-state index in [1.807, 2.05) is 12.2 Å². The molecular weight excluding hydrogens is 128 g/mol. The predicted octanol–water partition coefficient (Wildman–Crippen LogP) is 2.71. The van der Waals surface area contributed by atoms with E-state index in [0.717, 1.165) is 6.42 Å². The summed E-state index contributed by atoms with van der Waals surface area (Å²) in [6, 6.07) is 0. The highest BCUT2D eigenvalue weighted by atomic mass is 32.1. The van der Waals surface area contributed by atoms with Crippen LogP contribution in [0.4, 0.5) is 0 Å². The van der Waals surface area contributed by atoms with Crippen LogP contribution in [0.2, 0.25) is 0 Å². The highest BCUT2D eigenvalue weighted by molar-refractivity contribution is 7.84. The van der Waals surface area contributed by atoms with Gasteiger partial charge in [-0.1, -0.05) is 24.3 Å². The SMILES string of the molecule is CC1=C(S)CC=CC=C1. The van der Waals surface area contributed by atoms with Crippen LogP contribution in [0.3, 0.4) is 0 Å². The second kappa shape index (κ2) is 2.92. The minimum absolute atomic E-state index is 0.974. The molecule has 0 atom stereocenters. The molecule has 48 valence electrons. The van der Waals surface area contributed by atoms with Gasteiger partial charge < -0.3 is 0 Å². The highest BCUT2D eigenvalue weighted by Gasteiger charge is 1.92. The van der Waals surface area contributed by atoms with E-state index in [1.165, 1.54) is 10.5 Å². The van der Waals surface area contributed by atoms with E-state index in [-0.39, 0.29) is 0 Å². The van der Waals surface area contributed by atoms with Crippen LogP contribution in [-0.4, -0.2) is 0 Å². The van der Waals surface area contributed by atoms with E-state index in [2.05, 4.69) is 31.7 Å². The average Bonchev–Trinajstić information content (AvgIpc) is 1.99. The molecule has 0 spiro atoms. The Morgan fingerprint density at radius 2 is 2.22 bits per heavy atom. The Balaban J connectivity index is 2.85. The van der Waals surface area contributed by atoms with Gasteiger partial charge in [0.05, 0.1) is 0 Å². The molecule has 1 aliphatic rings. The van der Waals surface area contributed by atoms with Gasteiger partial charge in [-0.15, -0.1) is 12.6 Å². The fourth-order valence-electron chi connectivity index (χ4n) is 0.715. The molecule has 0 fully saturated rings. The minimum atomic E-state index is 0.974. The third-order valence-electron chi connectivity index (χ3n) is 1.36. The van der Waals surface area contributed by atoms with Gasteiger partial charge in [-0.25, -0.2) is 0 Å². The molecule has 0 bridgehead atoms. The van der Waals surface area contributed by atoms with Crippen molar-refractivity contribution in [3.63, 3.8) is 0 Å². The average molecular weight is 138 g/mol. The first-order valence-corrected chi connectivity index (χ1v) is 3.47. The van der Waals surface area contributed by atoms with Gasteiger partial charge in [0.25, 0.3) is 0 Å². The maximum Gasteiger partial charge on any atom is -0.00341 e. The van der Waals surface area contributed by atoms with Crippen LogP contribution >= 0.6 is 12.6 Å². The van der Waals surface area contributed by atoms with Crippen LogP contribution in [0.1, 0.15) is 13.3 Å². The monoisotopic (exact) mass is 138 g/mol. The van der Waals surface area contributed by atoms with Crippen LogP contribution in [0.15, 0.2) is 34.8 Å². The summed E-state index contributed by atoms with van der Waals surface area (Å²) in [5.74, 6) is 0. The molecule has 0 heterocycles. The van der Waals surface area contributed by atoms with Gasteiger partial charge in [0.15, 0.2) is 0 Å². The van der Waals surface area contributed by atoms with Crippen molar-refractivity contribution in [2.75, 3.05) is 0 Å². The molecule has 0 amide bonds. The molecular formula is C8H10S. The first kappa shape index (κ1) is 6.69. The van der Waals surface area contributed by atoms with E-state index in [1.54, 1.807) is 0 Å². The Labute approximate surface area is 61.4 Å². The zero-order valence-corrected chi connectivity index (χ0v) is 6.36. The summed E-state index contributed by atoms with van der Waals surface area (Å²) in [6.45, 7) is 2.08. The van der Waals surface area contributed by atoms with E-state index in [9.17, 15) is 0 Å². The molecule has 0 N–H and O–H groups in total. The van der Waals surface area contributed by atoms with Crippen molar-refractivity contribution in [1.82, 2.24) is 0 Å². The summed E-state index contributed by atoms with van der Waals surface area (Å²) in [6.07, 6.45) is 9.24. The number of hydrogen-bond acceptors (Lipinski definition) is 1. The van der Waals surface area contributed by atoms with Gasteiger partial charge in [-0.3, -0.25) is 0 Å². The number of rotatable bonds is 0. The lowest BCUT2D eigenvalue weighted by atomic mass is 10.2. The molecule has 0 aromatic carbocycles. The van der Waals surface area contributed by atoms with Gasteiger partial charge in [-0.2, -0.15) is 0 Å². The summed E-state index contributed by atoms with van der Waals surface area (Å²) in [7, 11) is 0. The molecule has 0 aliphatic heterocycles. The van der Waals surface area contributed by atoms with Crippen LogP contribution < -0.4 is 0 Å². The standard InChI is InChI=1S/C8H10S/c1-7-5-3-2-4-6-8(7)9/h2-5,9H,6H2,1H3. The lowest BCUT2D eigenvalue weighted by Gasteiger charge is -1.94. The van der Waals surface area contributed by atoms with Gasteiger partial charge >= 0.3 is 0 Å². The zero-order chi connectivity index (χ0) is 6.69. The summed E-state index contributed by atoms with van der Waals surface area (Å²) < 4.78 is 0. The van der Waals surface area contributed by atoms with E-state index in [0.29, 0.717) is 0 Å². The summed E-state index contributed by atoms with van der Waals surface area (Å²) in [5, 5.41) is 0. The fourth-order valence-corrected chi connectivity index (χ4v) is 0.895. The molecule has 0 aromatic rings. The molecule has 0 aromatic heterocycles. The van der Waals surface area contributed by atoms with Gasteiger partial charge in [0.2, 0.25) is 0 Å². The first-order chi connectivity index (χ1) is 4.30. The van der Waals surface area contributed by atoms with Crippen molar-refractivity contribution in [3.05, 3.63) is 34.8 Å². The number of allylic oxidation sites excluding steroid dienone is 6. The topological polar surface area (TPSA) is 0 Å². The largest absolute Gasteiger partial charge is 0.147 e. The summed E-state index contributed by atoms with van der Waals surface area (Å²) in [4.78, 5) is 1.17. The molecule has 0 unspecified atom stereocenters. The van der Waals surface area contributed by atoms with Crippen LogP contribution in [-0.2, 0) is 0 Å². The number of hydrogen-bond donors (Lipinski definition) is 1. The summed E-state index contributed by atoms with van der Waals surface area (Å²) in [5.41, 5.74) is 1.27. The normalized spacial score (nSPS) is 18.4. The smallest absolute Gasteiger partial charge is 0.00341 e. The third kappa shape index (κ3) is 1.75. The second-order valence-corrected chi connectivity index (χ2v) is 2.66. The van der Waals surface area contributed by atoms with Crippen LogP contribution in [0, 0.1) is 0 Å². The zero-order valence-electron chi connectivity index (χ0n) is 5.46. The maximum absolute atomic E-state index is 4.30. The van der Waals surface area contributed by atoms with Crippen molar-refractivity contribution in [2.24, 2.45) is 0 Å². The van der Waals surface area contributed by atoms with E-state index < -0.39 is 0 Å². The molecule has 1 rings (SSSR count). The Morgan fingerprint density at radius 3 is 3.00 bits per heavy atom. The summed E-state index contributed by atoms with van der Waals surface area (Å²) >= 11 is 4.30. The van der Waals surface area contributed by atoms with Gasteiger partial charge in [0, 0.05) is 0 Å². The molecule has 0 saturated heterocycles. The Bertz CT molecular complexity index is 185. The van der Waals surface area contributed by atoms with Crippen molar-refractivity contribution < 1.29 is 0 Å². The minimum Gasteiger partial charge on any atom is -0.147 e. The quantitative estimate of drug-likeness (QED) is 0.489.